The van der Waals surface area contributed by atoms with E-state index in [0.717, 1.165) is 41.5 Å². The second kappa shape index (κ2) is 9.02. The van der Waals surface area contributed by atoms with Gasteiger partial charge in [0.05, 0.1) is 20.2 Å². The predicted molar refractivity (Wildman–Crippen MR) is 132 cm³/mol. The van der Waals surface area contributed by atoms with Crippen molar-refractivity contribution in [2.45, 2.75) is 13.5 Å². The highest BCUT2D eigenvalue weighted by atomic mass is 127. The Morgan fingerprint density at radius 2 is 1.97 bits per heavy atom. The van der Waals surface area contributed by atoms with Crippen LogP contribution in [0.5, 0.6) is 5.75 Å². The molecule has 4 nitrogen and oxygen atoms in total. The molecular formula is C24H17BrIN3O. The zero-order chi connectivity index (χ0) is 21.1. The van der Waals surface area contributed by atoms with E-state index in [1.54, 1.807) is 0 Å². The normalized spacial score (nSPS) is 11.5. The largest absolute Gasteiger partial charge is 0.488 e. The van der Waals surface area contributed by atoms with Crippen molar-refractivity contribution in [2.24, 2.45) is 0 Å². The molecule has 0 saturated heterocycles. The maximum Gasteiger partial charge on any atom is 0.149 e. The van der Waals surface area contributed by atoms with E-state index in [1.807, 2.05) is 73.7 Å². The highest BCUT2D eigenvalue weighted by Crippen LogP contribution is 2.26. The van der Waals surface area contributed by atoms with Crippen molar-refractivity contribution < 1.29 is 4.74 Å². The van der Waals surface area contributed by atoms with Gasteiger partial charge in [0.1, 0.15) is 24.3 Å². The Hall–Kier alpha value is -2.63. The van der Waals surface area contributed by atoms with Crippen LogP contribution in [0.3, 0.4) is 0 Å². The molecule has 0 fully saturated rings. The highest BCUT2D eigenvalue weighted by Gasteiger charge is 2.09. The molecule has 0 amide bonds. The maximum absolute atomic E-state index is 9.67. The van der Waals surface area contributed by atoms with Crippen LogP contribution in [0.25, 0.3) is 22.7 Å². The fourth-order valence-electron chi connectivity index (χ4n) is 3.04. The molecule has 1 aromatic heterocycles. The summed E-state index contributed by atoms with van der Waals surface area (Å²) in [7, 11) is 0. The average molecular weight is 570 g/mol. The van der Waals surface area contributed by atoms with Gasteiger partial charge in [-0.2, -0.15) is 5.26 Å². The van der Waals surface area contributed by atoms with E-state index in [9.17, 15) is 5.26 Å². The Labute approximate surface area is 196 Å². The molecule has 0 saturated carbocycles. The van der Waals surface area contributed by atoms with Gasteiger partial charge >= 0.3 is 0 Å². The highest BCUT2D eigenvalue weighted by molar-refractivity contribution is 14.1. The van der Waals surface area contributed by atoms with E-state index >= 15 is 0 Å². The van der Waals surface area contributed by atoms with Gasteiger partial charge in [-0.1, -0.05) is 40.2 Å². The predicted octanol–water partition coefficient (Wildman–Crippen LogP) is 6.88. The molecule has 30 heavy (non-hydrogen) atoms. The molecule has 1 N–H and O–H groups in total. The van der Waals surface area contributed by atoms with E-state index in [4.69, 9.17) is 4.74 Å². The Morgan fingerprint density at radius 1 is 1.17 bits per heavy atom. The molecular weight excluding hydrogens is 553 g/mol. The van der Waals surface area contributed by atoms with Crippen LogP contribution >= 0.6 is 38.5 Å². The summed E-state index contributed by atoms with van der Waals surface area (Å²) in [6.45, 7) is 2.53. The van der Waals surface area contributed by atoms with Crippen LogP contribution in [0.1, 0.15) is 22.5 Å². The number of aryl methyl sites for hydroxylation is 1. The summed E-state index contributed by atoms with van der Waals surface area (Å²) in [5, 5.41) is 9.67. The fourth-order valence-corrected chi connectivity index (χ4v) is 4.00. The summed E-state index contributed by atoms with van der Waals surface area (Å²) in [6.07, 6.45) is 1.84. The van der Waals surface area contributed by atoms with E-state index in [-0.39, 0.29) is 0 Å². The first-order valence-electron chi connectivity index (χ1n) is 9.27. The van der Waals surface area contributed by atoms with Gasteiger partial charge in [0.15, 0.2) is 0 Å². The first-order chi connectivity index (χ1) is 14.5. The van der Waals surface area contributed by atoms with Crippen molar-refractivity contribution >= 4 is 61.2 Å². The number of aromatic amines is 1. The summed E-state index contributed by atoms with van der Waals surface area (Å²) in [4.78, 5) is 7.80. The summed E-state index contributed by atoms with van der Waals surface area (Å²) in [6, 6.07) is 22.2. The lowest BCUT2D eigenvalue weighted by molar-refractivity contribution is 0.304. The van der Waals surface area contributed by atoms with Crippen LogP contribution in [-0.2, 0) is 6.61 Å². The van der Waals surface area contributed by atoms with Crippen molar-refractivity contribution in [2.75, 3.05) is 0 Å². The number of benzene rings is 3. The lowest BCUT2D eigenvalue weighted by atomic mass is 10.1. The number of nitrogens with zero attached hydrogens (tertiary/aromatic N) is 2. The third-order valence-electron chi connectivity index (χ3n) is 4.59. The van der Waals surface area contributed by atoms with E-state index in [2.05, 4.69) is 54.6 Å². The molecule has 0 atom stereocenters. The maximum atomic E-state index is 9.67. The Morgan fingerprint density at radius 3 is 2.70 bits per heavy atom. The standard InChI is InChI=1S/C24H17BrIN3O/c1-15-2-8-21-22(10-15)29-24(28-21)18(13-27)11-17-5-9-23(20(26)12-17)30-14-16-3-6-19(25)7-4-16/h2-12H,14H2,1H3,(H,28,29)/b18-11-. The number of hydrogen-bond acceptors (Lipinski definition) is 3. The number of rotatable bonds is 5. The van der Waals surface area contributed by atoms with Crippen molar-refractivity contribution in [3.63, 3.8) is 0 Å². The number of ether oxygens (including phenoxy) is 1. The smallest absolute Gasteiger partial charge is 0.149 e. The second-order valence-corrected chi connectivity index (χ2v) is 8.96. The molecule has 3 aromatic carbocycles. The van der Waals surface area contributed by atoms with Gasteiger partial charge < -0.3 is 9.72 Å². The van der Waals surface area contributed by atoms with Gasteiger partial charge in [0.25, 0.3) is 0 Å². The van der Waals surface area contributed by atoms with E-state index < -0.39 is 0 Å². The van der Waals surface area contributed by atoms with Gasteiger partial charge in [-0.15, -0.1) is 0 Å². The Balaban J connectivity index is 1.55. The SMILES string of the molecule is Cc1ccc2nc(/C(C#N)=C\c3ccc(OCc4ccc(Br)cc4)c(I)c3)[nH]c2c1. The minimum Gasteiger partial charge on any atom is -0.488 e. The monoisotopic (exact) mass is 569 g/mol. The van der Waals surface area contributed by atoms with Crippen LogP contribution in [0, 0.1) is 21.8 Å². The number of fused-ring (bicyclic) bond motifs is 1. The molecule has 0 unspecified atom stereocenters. The lowest BCUT2D eigenvalue weighted by Crippen LogP contribution is -1.97. The van der Waals surface area contributed by atoms with Crippen LogP contribution in [-0.4, -0.2) is 9.97 Å². The molecule has 4 aromatic rings. The average Bonchev–Trinajstić information content (AvgIpc) is 3.15. The minimum absolute atomic E-state index is 0.489. The van der Waals surface area contributed by atoms with Gasteiger partial charge in [0, 0.05) is 4.47 Å². The minimum atomic E-state index is 0.489. The number of H-pyrrole nitrogens is 1. The topological polar surface area (TPSA) is 61.7 Å². The number of nitriles is 1. The molecule has 0 radical (unpaired) electrons. The molecule has 148 valence electrons. The third kappa shape index (κ3) is 4.74. The number of imidazole rings is 1. The lowest BCUT2D eigenvalue weighted by Gasteiger charge is -2.09. The molecule has 4 rings (SSSR count). The van der Waals surface area contributed by atoms with Crippen molar-refractivity contribution in [1.29, 1.82) is 5.26 Å². The molecule has 0 aliphatic carbocycles. The first kappa shape index (κ1) is 20.6. The summed E-state index contributed by atoms with van der Waals surface area (Å²) < 4.78 is 7.99. The molecule has 0 aliphatic rings. The van der Waals surface area contributed by atoms with Gasteiger partial charge in [-0.05, 0) is 88.7 Å². The second-order valence-electron chi connectivity index (χ2n) is 6.88. The number of nitrogens with one attached hydrogen (secondary N) is 1. The number of hydrogen-bond donors (Lipinski definition) is 1. The summed E-state index contributed by atoms with van der Waals surface area (Å²) >= 11 is 5.69. The fraction of sp³-hybridized carbons (Fsp3) is 0.0833. The van der Waals surface area contributed by atoms with Crippen LogP contribution in [0.2, 0.25) is 0 Å². The molecule has 0 spiro atoms. The van der Waals surface area contributed by atoms with Crippen LogP contribution < -0.4 is 4.74 Å². The van der Waals surface area contributed by atoms with Crippen molar-refractivity contribution in [3.8, 4) is 11.8 Å². The Kier molecular flexibility index (Phi) is 6.21. The molecule has 6 heteroatoms. The van der Waals surface area contributed by atoms with Gasteiger partial charge in [-0.25, -0.2) is 4.98 Å². The van der Waals surface area contributed by atoms with Gasteiger partial charge in [0.2, 0.25) is 0 Å². The summed E-state index contributed by atoms with van der Waals surface area (Å²) in [5.41, 5.74) is 5.44. The quantitative estimate of drug-likeness (QED) is 0.210. The van der Waals surface area contributed by atoms with Crippen molar-refractivity contribution in [3.05, 3.63) is 91.2 Å². The van der Waals surface area contributed by atoms with Gasteiger partial charge in [-0.3, -0.25) is 0 Å². The number of allylic oxidation sites excluding steroid dienone is 1. The van der Waals surface area contributed by atoms with Crippen LogP contribution in [0.15, 0.2) is 65.1 Å². The zero-order valence-corrected chi connectivity index (χ0v) is 19.9. The van der Waals surface area contributed by atoms with E-state index in [0.29, 0.717) is 18.0 Å². The number of halogens is 2. The molecule has 0 aliphatic heterocycles. The summed E-state index contributed by atoms with van der Waals surface area (Å²) in [5.74, 6) is 1.39. The van der Waals surface area contributed by atoms with E-state index in [1.165, 1.54) is 0 Å². The van der Waals surface area contributed by atoms with Crippen LogP contribution in [0.4, 0.5) is 0 Å². The third-order valence-corrected chi connectivity index (χ3v) is 5.96. The first-order valence-corrected chi connectivity index (χ1v) is 11.1. The molecule has 1 heterocycles. The molecule has 0 bridgehead atoms. The number of aromatic nitrogens is 2. The van der Waals surface area contributed by atoms with Crippen molar-refractivity contribution in [1.82, 2.24) is 9.97 Å². The zero-order valence-electron chi connectivity index (χ0n) is 16.1. The Bertz CT molecular complexity index is 1290.